The summed E-state index contributed by atoms with van der Waals surface area (Å²) in [4.78, 5) is 12.3. The summed E-state index contributed by atoms with van der Waals surface area (Å²) in [5.41, 5.74) is 9.55. The van der Waals surface area contributed by atoms with E-state index in [0.717, 1.165) is 26.9 Å². The third-order valence-corrected chi connectivity index (χ3v) is 4.20. The van der Waals surface area contributed by atoms with Gasteiger partial charge in [-0.15, -0.1) is 0 Å². The van der Waals surface area contributed by atoms with Crippen molar-refractivity contribution in [1.82, 2.24) is 9.78 Å². The maximum atomic E-state index is 11.4. The molecular formula is C13H14N4OS. The van der Waals surface area contributed by atoms with E-state index >= 15 is 0 Å². The highest BCUT2D eigenvalue weighted by molar-refractivity contribution is 7.99. The fourth-order valence-corrected chi connectivity index (χ4v) is 3.14. The van der Waals surface area contributed by atoms with Crippen LogP contribution in [0, 0.1) is 6.92 Å². The number of amides is 1. The van der Waals surface area contributed by atoms with Crippen molar-refractivity contribution in [2.24, 2.45) is 7.05 Å². The highest BCUT2D eigenvalue weighted by Gasteiger charge is 2.20. The fourth-order valence-electron chi connectivity index (χ4n) is 2.16. The number of nitrogens with one attached hydrogen (secondary N) is 1. The number of hydrogen-bond donors (Lipinski definition) is 2. The lowest BCUT2D eigenvalue weighted by Gasteiger charge is -2.08. The first-order chi connectivity index (χ1) is 9.02. The molecule has 98 valence electrons. The SMILES string of the molecule is Cc1cc(Sc2cc3c(cc2N)CC(=O)N3)n(C)n1. The van der Waals surface area contributed by atoms with Gasteiger partial charge in [0.15, 0.2) is 0 Å². The van der Waals surface area contributed by atoms with Crippen molar-refractivity contribution in [1.29, 1.82) is 0 Å². The van der Waals surface area contributed by atoms with E-state index in [4.69, 9.17) is 5.73 Å². The van der Waals surface area contributed by atoms with Crippen LogP contribution in [0.1, 0.15) is 11.3 Å². The lowest BCUT2D eigenvalue weighted by atomic mass is 10.1. The molecule has 5 nitrogen and oxygen atoms in total. The van der Waals surface area contributed by atoms with Crippen molar-refractivity contribution in [2.75, 3.05) is 11.1 Å². The quantitative estimate of drug-likeness (QED) is 0.821. The number of aryl methyl sites for hydroxylation is 2. The number of carbonyl (C=O) groups excluding carboxylic acids is 1. The second-order valence-electron chi connectivity index (χ2n) is 4.62. The van der Waals surface area contributed by atoms with Crippen LogP contribution in [0.25, 0.3) is 0 Å². The zero-order chi connectivity index (χ0) is 13.6. The first-order valence-corrected chi connectivity index (χ1v) is 6.75. The van der Waals surface area contributed by atoms with Crippen LogP contribution in [0.2, 0.25) is 0 Å². The Kier molecular flexibility index (Phi) is 2.74. The summed E-state index contributed by atoms with van der Waals surface area (Å²) in [6.07, 6.45) is 0.412. The standard InChI is InChI=1S/C13H14N4OS/c1-7-3-13(17(2)16-7)19-11-6-10-8(4-9(11)14)5-12(18)15-10/h3-4,6H,5,14H2,1-2H3,(H,15,18). The molecule has 1 amide bonds. The largest absolute Gasteiger partial charge is 0.398 e. The predicted molar refractivity (Wildman–Crippen MR) is 75.3 cm³/mol. The third kappa shape index (κ3) is 2.19. The van der Waals surface area contributed by atoms with Gasteiger partial charge >= 0.3 is 0 Å². The van der Waals surface area contributed by atoms with Crippen LogP contribution in [-0.4, -0.2) is 15.7 Å². The maximum Gasteiger partial charge on any atom is 0.228 e. The van der Waals surface area contributed by atoms with Crippen molar-refractivity contribution >= 4 is 29.0 Å². The van der Waals surface area contributed by atoms with Crippen molar-refractivity contribution in [3.63, 3.8) is 0 Å². The molecular weight excluding hydrogens is 260 g/mol. The molecule has 0 saturated heterocycles. The first kappa shape index (κ1) is 12.1. The molecule has 1 aromatic carbocycles. The van der Waals surface area contributed by atoms with Crippen molar-refractivity contribution in [3.8, 4) is 0 Å². The van der Waals surface area contributed by atoms with Crippen molar-refractivity contribution in [3.05, 3.63) is 29.5 Å². The second-order valence-corrected chi connectivity index (χ2v) is 5.68. The number of nitrogens with zero attached hydrogens (tertiary/aromatic N) is 2. The monoisotopic (exact) mass is 274 g/mol. The minimum atomic E-state index is 0.0212. The molecule has 3 N–H and O–H groups in total. The topological polar surface area (TPSA) is 72.9 Å². The van der Waals surface area contributed by atoms with Crippen LogP contribution in [0.3, 0.4) is 0 Å². The summed E-state index contributed by atoms with van der Waals surface area (Å²) in [5.74, 6) is 0.0212. The molecule has 6 heteroatoms. The Balaban J connectivity index is 1.96. The average Bonchev–Trinajstić information content (AvgIpc) is 2.81. The highest BCUT2D eigenvalue weighted by Crippen LogP contribution is 2.37. The number of benzene rings is 1. The van der Waals surface area contributed by atoms with E-state index < -0.39 is 0 Å². The van der Waals surface area contributed by atoms with E-state index in [0.29, 0.717) is 12.1 Å². The highest BCUT2D eigenvalue weighted by atomic mass is 32.2. The summed E-state index contributed by atoms with van der Waals surface area (Å²) in [6.45, 7) is 1.95. The summed E-state index contributed by atoms with van der Waals surface area (Å²) in [5, 5.41) is 8.17. The molecule has 0 bridgehead atoms. The molecule has 3 rings (SSSR count). The normalized spacial score (nSPS) is 13.5. The Morgan fingerprint density at radius 3 is 2.89 bits per heavy atom. The van der Waals surface area contributed by atoms with Gasteiger partial charge in [-0.2, -0.15) is 5.10 Å². The lowest BCUT2D eigenvalue weighted by Crippen LogP contribution is -2.03. The number of aromatic nitrogens is 2. The molecule has 0 spiro atoms. The smallest absolute Gasteiger partial charge is 0.228 e. The van der Waals surface area contributed by atoms with E-state index in [1.165, 1.54) is 0 Å². The summed E-state index contributed by atoms with van der Waals surface area (Å²) >= 11 is 1.55. The van der Waals surface area contributed by atoms with E-state index in [1.54, 1.807) is 11.8 Å². The van der Waals surface area contributed by atoms with E-state index in [1.807, 2.05) is 36.9 Å². The number of carbonyl (C=O) groups is 1. The third-order valence-electron chi connectivity index (χ3n) is 3.03. The molecule has 2 heterocycles. The molecule has 1 aliphatic rings. The van der Waals surface area contributed by atoms with Gasteiger partial charge in [-0.05, 0) is 30.7 Å². The predicted octanol–water partition coefficient (Wildman–Crippen LogP) is 1.96. The van der Waals surface area contributed by atoms with Gasteiger partial charge in [-0.1, -0.05) is 11.8 Å². The maximum absolute atomic E-state index is 11.4. The van der Waals surface area contributed by atoms with Crippen molar-refractivity contribution < 1.29 is 4.79 Å². The average molecular weight is 274 g/mol. The van der Waals surface area contributed by atoms with Crippen LogP contribution >= 0.6 is 11.8 Å². The van der Waals surface area contributed by atoms with Crippen LogP contribution < -0.4 is 11.1 Å². The Morgan fingerprint density at radius 1 is 1.42 bits per heavy atom. The lowest BCUT2D eigenvalue weighted by molar-refractivity contribution is -0.115. The number of hydrogen-bond acceptors (Lipinski definition) is 4. The van der Waals surface area contributed by atoms with E-state index in [9.17, 15) is 4.79 Å². The molecule has 0 unspecified atom stereocenters. The van der Waals surface area contributed by atoms with E-state index in [2.05, 4.69) is 10.4 Å². The number of rotatable bonds is 2. The Morgan fingerprint density at radius 2 is 2.21 bits per heavy atom. The molecule has 0 aliphatic carbocycles. The molecule has 0 saturated carbocycles. The van der Waals surface area contributed by atoms with Gasteiger partial charge in [0.05, 0.1) is 17.1 Å². The van der Waals surface area contributed by atoms with Gasteiger partial charge in [0.25, 0.3) is 0 Å². The molecule has 1 aliphatic heterocycles. The molecule has 19 heavy (non-hydrogen) atoms. The van der Waals surface area contributed by atoms with Crippen LogP contribution in [0.5, 0.6) is 0 Å². The zero-order valence-electron chi connectivity index (χ0n) is 10.7. The number of fused-ring (bicyclic) bond motifs is 1. The second kappa shape index (κ2) is 4.31. The van der Waals surface area contributed by atoms with E-state index in [-0.39, 0.29) is 5.91 Å². The molecule has 0 radical (unpaired) electrons. The minimum Gasteiger partial charge on any atom is -0.398 e. The van der Waals surface area contributed by atoms with Crippen molar-refractivity contribution in [2.45, 2.75) is 23.3 Å². The first-order valence-electron chi connectivity index (χ1n) is 5.93. The molecule has 0 atom stereocenters. The fraction of sp³-hybridized carbons (Fsp3) is 0.231. The van der Waals surface area contributed by atoms with Crippen LogP contribution in [-0.2, 0) is 18.3 Å². The van der Waals surface area contributed by atoms with Gasteiger partial charge in [0, 0.05) is 23.3 Å². The summed E-state index contributed by atoms with van der Waals surface area (Å²) < 4.78 is 1.82. The summed E-state index contributed by atoms with van der Waals surface area (Å²) in [7, 11) is 1.90. The summed E-state index contributed by atoms with van der Waals surface area (Å²) in [6, 6.07) is 5.82. The van der Waals surface area contributed by atoms with Gasteiger partial charge in [-0.3, -0.25) is 9.48 Å². The molecule has 1 aromatic heterocycles. The van der Waals surface area contributed by atoms with Crippen LogP contribution in [0.15, 0.2) is 28.1 Å². The van der Waals surface area contributed by atoms with Gasteiger partial charge in [-0.25, -0.2) is 0 Å². The van der Waals surface area contributed by atoms with Gasteiger partial charge in [0.1, 0.15) is 0 Å². The number of anilines is 2. The Labute approximate surface area is 115 Å². The van der Waals surface area contributed by atoms with Gasteiger partial charge in [0.2, 0.25) is 5.91 Å². The minimum absolute atomic E-state index is 0.0212. The number of nitrogen functional groups attached to an aromatic ring is 1. The molecule has 2 aromatic rings. The Bertz CT molecular complexity index is 678. The zero-order valence-corrected chi connectivity index (χ0v) is 11.5. The molecule has 0 fully saturated rings. The van der Waals surface area contributed by atoms with Crippen LogP contribution in [0.4, 0.5) is 11.4 Å². The number of nitrogens with two attached hydrogens (primary N) is 1. The van der Waals surface area contributed by atoms with Gasteiger partial charge < -0.3 is 11.1 Å². The Hall–Kier alpha value is -1.95.